The highest BCUT2D eigenvalue weighted by Gasteiger charge is 2.31. The molecule has 0 bridgehead atoms. The minimum Gasteiger partial charge on any atom is -0.340 e. The molecule has 0 aromatic heterocycles. The van der Waals surface area contributed by atoms with E-state index in [0.717, 1.165) is 11.1 Å². The van der Waals surface area contributed by atoms with Crippen LogP contribution >= 0.6 is 0 Å². The zero-order valence-electron chi connectivity index (χ0n) is 17.4. The van der Waals surface area contributed by atoms with Gasteiger partial charge in [0, 0.05) is 32.6 Å². The van der Waals surface area contributed by atoms with E-state index in [1.807, 2.05) is 28.9 Å². The molecular formula is C25H30N2O2. The van der Waals surface area contributed by atoms with Crippen LogP contribution in [0, 0.1) is 12.8 Å². The van der Waals surface area contributed by atoms with Crippen LogP contribution in [0.4, 0.5) is 0 Å². The molecule has 0 spiro atoms. The van der Waals surface area contributed by atoms with E-state index in [9.17, 15) is 9.59 Å². The van der Waals surface area contributed by atoms with Crippen LogP contribution in [0.2, 0.25) is 0 Å². The fourth-order valence-electron chi connectivity index (χ4n) is 4.03. The van der Waals surface area contributed by atoms with Crippen molar-refractivity contribution in [2.24, 2.45) is 5.92 Å². The summed E-state index contributed by atoms with van der Waals surface area (Å²) < 4.78 is 0. The Kier molecular flexibility index (Phi) is 6.86. The Labute approximate surface area is 173 Å². The molecule has 2 aromatic carbocycles. The molecule has 4 heteroatoms. The van der Waals surface area contributed by atoms with Crippen LogP contribution in [0.15, 0.2) is 61.2 Å². The zero-order valence-corrected chi connectivity index (χ0v) is 17.4. The normalized spacial score (nSPS) is 17.2. The Bertz CT molecular complexity index is 890. The fraction of sp³-hybridized carbons (Fsp3) is 0.360. The monoisotopic (exact) mass is 390 g/mol. The largest absolute Gasteiger partial charge is 0.340 e. The number of carbonyl (C=O) groups is 2. The predicted molar refractivity (Wildman–Crippen MR) is 117 cm³/mol. The van der Waals surface area contributed by atoms with Gasteiger partial charge in [0.25, 0.3) is 0 Å². The van der Waals surface area contributed by atoms with Crippen LogP contribution in [-0.4, -0.2) is 47.8 Å². The Morgan fingerprint density at radius 2 is 1.97 bits per heavy atom. The molecular weight excluding hydrogens is 360 g/mol. The van der Waals surface area contributed by atoms with Gasteiger partial charge < -0.3 is 9.80 Å². The molecule has 1 atom stereocenters. The number of rotatable bonds is 6. The van der Waals surface area contributed by atoms with Crippen LogP contribution in [0.3, 0.4) is 0 Å². The van der Waals surface area contributed by atoms with Crippen molar-refractivity contribution in [1.29, 1.82) is 0 Å². The molecule has 0 N–H and O–H groups in total. The predicted octanol–water partition coefficient (Wildman–Crippen LogP) is 4.09. The van der Waals surface area contributed by atoms with Crippen LogP contribution in [0.1, 0.15) is 24.5 Å². The lowest BCUT2D eigenvalue weighted by atomic mass is 9.93. The Balaban J connectivity index is 1.86. The summed E-state index contributed by atoms with van der Waals surface area (Å²) in [5.41, 5.74) is 4.71. The van der Waals surface area contributed by atoms with E-state index in [-0.39, 0.29) is 17.7 Å². The van der Waals surface area contributed by atoms with Crippen LogP contribution in [0.5, 0.6) is 0 Å². The lowest BCUT2D eigenvalue weighted by molar-refractivity contribution is -0.134. The minimum atomic E-state index is -0.236. The van der Waals surface area contributed by atoms with E-state index < -0.39 is 0 Å². The Morgan fingerprint density at radius 3 is 2.69 bits per heavy atom. The third-order valence-corrected chi connectivity index (χ3v) is 5.61. The van der Waals surface area contributed by atoms with Gasteiger partial charge in [0.15, 0.2) is 0 Å². The topological polar surface area (TPSA) is 40.6 Å². The molecule has 0 aliphatic carbocycles. The van der Waals surface area contributed by atoms with Gasteiger partial charge >= 0.3 is 0 Å². The highest BCUT2D eigenvalue weighted by Crippen LogP contribution is 2.26. The third kappa shape index (κ3) is 4.94. The summed E-state index contributed by atoms with van der Waals surface area (Å²) in [6.07, 6.45) is 2.84. The summed E-state index contributed by atoms with van der Waals surface area (Å²) in [6.45, 7) is 9.92. The maximum absolute atomic E-state index is 13.1. The van der Waals surface area contributed by atoms with E-state index in [2.05, 4.69) is 49.9 Å². The van der Waals surface area contributed by atoms with E-state index in [1.165, 1.54) is 11.1 Å². The van der Waals surface area contributed by atoms with Crippen LogP contribution in [0.25, 0.3) is 11.1 Å². The van der Waals surface area contributed by atoms with Gasteiger partial charge in [-0.15, -0.1) is 6.58 Å². The molecule has 1 aliphatic heterocycles. The second-order valence-electron chi connectivity index (χ2n) is 7.68. The maximum atomic E-state index is 13.1. The summed E-state index contributed by atoms with van der Waals surface area (Å²) >= 11 is 0. The summed E-state index contributed by atoms with van der Waals surface area (Å²) in [6, 6.07) is 16.7. The summed E-state index contributed by atoms with van der Waals surface area (Å²) in [5.74, 6) is -0.0189. The average molecular weight is 391 g/mol. The molecule has 4 nitrogen and oxygen atoms in total. The van der Waals surface area contributed by atoms with Gasteiger partial charge in [-0.1, -0.05) is 61.5 Å². The highest BCUT2D eigenvalue weighted by atomic mass is 16.2. The maximum Gasteiger partial charge on any atom is 0.228 e. The quantitative estimate of drug-likeness (QED) is 0.697. The van der Waals surface area contributed by atoms with Crippen LogP contribution < -0.4 is 0 Å². The van der Waals surface area contributed by atoms with E-state index >= 15 is 0 Å². The molecule has 152 valence electrons. The first-order chi connectivity index (χ1) is 14.0. The van der Waals surface area contributed by atoms with Gasteiger partial charge in [0.1, 0.15) is 0 Å². The molecule has 1 fully saturated rings. The number of carbonyl (C=O) groups excluding carboxylic acids is 2. The third-order valence-electron chi connectivity index (χ3n) is 5.61. The fourth-order valence-corrected chi connectivity index (χ4v) is 4.03. The Hall–Kier alpha value is -2.88. The van der Waals surface area contributed by atoms with Crippen molar-refractivity contribution in [2.45, 2.75) is 26.7 Å². The first kappa shape index (κ1) is 20.8. The summed E-state index contributed by atoms with van der Waals surface area (Å²) in [5, 5.41) is 0. The van der Waals surface area contributed by atoms with Crippen molar-refractivity contribution in [3.05, 3.63) is 72.3 Å². The number of hydrogen-bond donors (Lipinski definition) is 0. The molecule has 1 aliphatic rings. The van der Waals surface area contributed by atoms with Gasteiger partial charge in [-0.3, -0.25) is 9.59 Å². The number of aryl methyl sites for hydroxylation is 1. The Morgan fingerprint density at radius 1 is 1.17 bits per heavy atom. The molecule has 0 radical (unpaired) electrons. The van der Waals surface area contributed by atoms with Crippen molar-refractivity contribution in [1.82, 2.24) is 9.80 Å². The molecule has 2 amide bonds. The first-order valence-electron chi connectivity index (χ1n) is 10.4. The average Bonchev–Trinajstić information content (AvgIpc) is 2.88. The van der Waals surface area contributed by atoms with Crippen molar-refractivity contribution >= 4 is 11.8 Å². The highest BCUT2D eigenvalue weighted by molar-refractivity contribution is 5.82. The van der Waals surface area contributed by atoms with Gasteiger partial charge in [-0.25, -0.2) is 0 Å². The first-order valence-corrected chi connectivity index (χ1v) is 10.4. The molecule has 0 unspecified atom stereocenters. The molecule has 3 rings (SSSR count). The number of hydrogen-bond acceptors (Lipinski definition) is 2. The second kappa shape index (κ2) is 9.55. The van der Waals surface area contributed by atoms with Gasteiger partial charge in [0.2, 0.25) is 11.8 Å². The molecule has 2 aromatic rings. The molecule has 0 saturated carbocycles. The van der Waals surface area contributed by atoms with Crippen molar-refractivity contribution in [3.8, 4) is 11.1 Å². The second-order valence-corrected chi connectivity index (χ2v) is 7.68. The molecule has 1 saturated heterocycles. The molecule has 1 heterocycles. The number of amides is 2. The SMILES string of the molecule is C=CCN1CCN(C(=O)CC)C[C@@H](Cc2cccc(-c3ccccc3C)c2)C1=O. The summed E-state index contributed by atoms with van der Waals surface area (Å²) in [4.78, 5) is 29.2. The van der Waals surface area contributed by atoms with Gasteiger partial charge in [-0.2, -0.15) is 0 Å². The number of nitrogens with zero attached hydrogens (tertiary/aromatic N) is 2. The van der Waals surface area contributed by atoms with Gasteiger partial charge in [0.05, 0.1) is 5.92 Å². The smallest absolute Gasteiger partial charge is 0.228 e. The minimum absolute atomic E-state index is 0.108. The number of benzene rings is 2. The van der Waals surface area contributed by atoms with E-state index in [0.29, 0.717) is 39.0 Å². The van der Waals surface area contributed by atoms with E-state index in [4.69, 9.17) is 0 Å². The summed E-state index contributed by atoms with van der Waals surface area (Å²) in [7, 11) is 0. The van der Waals surface area contributed by atoms with Crippen LogP contribution in [-0.2, 0) is 16.0 Å². The van der Waals surface area contributed by atoms with Gasteiger partial charge in [-0.05, 0) is 35.6 Å². The van der Waals surface area contributed by atoms with Crippen molar-refractivity contribution in [2.75, 3.05) is 26.2 Å². The van der Waals surface area contributed by atoms with Crippen molar-refractivity contribution < 1.29 is 9.59 Å². The zero-order chi connectivity index (χ0) is 20.8. The lowest BCUT2D eigenvalue weighted by Crippen LogP contribution is -2.37. The lowest BCUT2D eigenvalue weighted by Gasteiger charge is -2.23. The molecule has 29 heavy (non-hydrogen) atoms. The van der Waals surface area contributed by atoms with E-state index in [1.54, 1.807) is 6.08 Å². The van der Waals surface area contributed by atoms with Crippen molar-refractivity contribution in [3.63, 3.8) is 0 Å². The standard InChI is InChI=1S/C25H30N2O2/c1-4-13-26-14-15-27(24(28)5-2)18-22(25(26)29)17-20-10-8-11-21(16-20)23-12-7-6-9-19(23)3/h4,6-12,16,22H,1,5,13-15,17-18H2,2-3H3/t22-/m1/s1.